The molecule has 1 amide bonds. The van der Waals surface area contributed by atoms with Crippen LogP contribution in [0.25, 0.3) is 0 Å². The minimum absolute atomic E-state index is 0. The predicted molar refractivity (Wildman–Crippen MR) is 81.9 cm³/mol. The maximum Gasteiger partial charge on any atom is 0.410 e. The van der Waals surface area contributed by atoms with Gasteiger partial charge in [-0.1, -0.05) is 7.43 Å². The first-order valence-electron chi connectivity index (χ1n) is 5.49. The number of carbonyl (C=O) groups excluding carboxylic acids is 1. The lowest BCUT2D eigenvalue weighted by Crippen LogP contribution is -2.41. The molecule has 0 aromatic heterocycles. The van der Waals surface area contributed by atoms with E-state index in [-0.39, 0.29) is 37.1 Å². The monoisotopic (exact) mass is 301 g/mol. The summed E-state index contributed by atoms with van der Waals surface area (Å²) in [7, 11) is 0. The van der Waals surface area contributed by atoms with Gasteiger partial charge in [-0.05, 0) is 39.9 Å². The van der Waals surface area contributed by atoms with Crippen LogP contribution in [0, 0.1) is 0 Å². The Balaban J connectivity index is -0.000000214. The van der Waals surface area contributed by atoms with E-state index in [0.717, 1.165) is 12.8 Å². The highest BCUT2D eigenvalue weighted by Gasteiger charge is 2.31. The number of carbonyl (C=O) groups is 1. The van der Waals surface area contributed by atoms with E-state index >= 15 is 0 Å². The highest BCUT2D eigenvalue weighted by Crippen LogP contribution is 2.20. The Kier molecular flexibility index (Phi) is 17.8. The number of aliphatic hydroxyl groups is 1. The van der Waals surface area contributed by atoms with Crippen molar-refractivity contribution in [3.63, 3.8) is 0 Å². The van der Waals surface area contributed by atoms with Crippen LogP contribution in [0.3, 0.4) is 0 Å². The van der Waals surface area contributed by atoms with Crippen LogP contribution in [0.5, 0.6) is 0 Å². The van der Waals surface area contributed by atoms with Gasteiger partial charge in [0.05, 0.1) is 12.6 Å². The molecule has 0 bridgehead atoms. The first-order chi connectivity index (χ1) is 7.44. The predicted octanol–water partition coefficient (Wildman–Crippen LogP) is 0.911. The third-order valence-corrected chi connectivity index (χ3v) is 2.22. The van der Waals surface area contributed by atoms with Gasteiger partial charge in [-0.25, -0.2) is 4.79 Å². The molecular formula is C12H31NO5S. The lowest BCUT2D eigenvalue weighted by molar-refractivity contribution is 0.0176. The van der Waals surface area contributed by atoms with Gasteiger partial charge in [-0.3, -0.25) is 0 Å². The van der Waals surface area contributed by atoms with Gasteiger partial charge in [0, 0.05) is 6.54 Å². The smallest absolute Gasteiger partial charge is 0.410 e. The molecule has 120 valence electrons. The average Bonchev–Trinajstić information content (AvgIpc) is 2.66. The van der Waals surface area contributed by atoms with E-state index in [1.165, 1.54) is 0 Å². The van der Waals surface area contributed by atoms with E-state index in [1.54, 1.807) is 11.2 Å². The molecule has 1 aliphatic rings. The molecular weight excluding hydrogens is 270 g/mol. The molecule has 7 heteroatoms. The second-order valence-corrected chi connectivity index (χ2v) is 4.65. The van der Waals surface area contributed by atoms with Crippen molar-refractivity contribution in [1.82, 2.24) is 4.90 Å². The van der Waals surface area contributed by atoms with Crippen LogP contribution in [-0.2, 0) is 4.74 Å². The summed E-state index contributed by atoms with van der Waals surface area (Å²) in [5.41, 5.74) is -0.459. The van der Waals surface area contributed by atoms with Gasteiger partial charge >= 0.3 is 6.09 Å². The first-order valence-corrected chi connectivity index (χ1v) is 6.38. The quantitative estimate of drug-likeness (QED) is 0.702. The van der Waals surface area contributed by atoms with Crippen LogP contribution in [0.15, 0.2) is 0 Å². The van der Waals surface area contributed by atoms with Gasteiger partial charge in [0.2, 0.25) is 0 Å². The zero-order chi connectivity index (χ0) is 12.8. The standard InChI is InChI=1S/C10H19NO3.CH4S.CH4.2H2O/c1-10(2,3)14-9(13)11-6-4-5-8(11)7-12;1-2;;;/h8,12H,4-7H2,1-3H3;2H,1H3;1H4;2*1H2/t8-;;;;/m0..../s1. The number of amides is 1. The number of hydrogen-bond donors (Lipinski definition) is 2. The Morgan fingerprint density at radius 1 is 1.37 bits per heavy atom. The lowest BCUT2D eigenvalue weighted by Gasteiger charge is -2.27. The number of aliphatic hydroxyl groups excluding tert-OH is 1. The Morgan fingerprint density at radius 3 is 2.21 bits per heavy atom. The summed E-state index contributed by atoms with van der Waals surface area (Å²) in [6.07, 6.45) is 3.20. The third kappa shape index (κ3) is 10.0. The van der Waals surface area contributed by atoms with Gasteiger partial charge in [-0.2, -0.15) is 12.6 Å². The Bertz CT molecular complexity index is 221. The van der Waals surface area contributed by atoms with Crippen LogP contribution in [0.4, 0.5) is 4.79 Å². The van der Waals surface area contributed by atoms with E-state index in [9.17, 15) is 4.79 Å². The molecule has 5 N–H and O–H groups in total. The van der Waals surface area contributed by atoms with Crippen LogP contribution >= 0.6 is 12.6 Å². The van der Waals surface area contributed by atoms with Gasteiger partial charge in [0.15, 0.2) is 0 Å². The van der Waals surface area contributed by atoms with Crippen LogP contribution in [0.2, 0.25) is 0 Å². The van der Waals surface area contributed by atoms with E-state index in [0.29, 0.717) is 6.54 Å². The van der Waals surface area contributed by atoms with Crippen molar-refractivity contribution < 1.29 is 25.6 Å². The summed E-state index contributed by atoms with van der Waals surface area (Å²) < 4.78 is 5.23. The summed E-state index contributed by atoms with van der Waals surface area (Å²) in [6, 6.07) is -0.0511. The molecule has 6 nitrogen and oxygen atoms in total. The van der Waals surface area contributed by atoms with E-state index in [2.05, 4.69) is 12.6 Å². The minimum Gasteiger partial charge on any atom is -0.444 e. The topological polar surface area (TPSA) is 113 Å². The normalized spacial score (nSPS) is 16.9. The molecule has 0 unspecified atom stereocenters. The van der Waals surface area contributed by atoms with Crippen molar-refractivity contribution in [2.24, 2.45) is 0 Å². The molecule has 19 heavy (non-hydrogen) atoms. The Labute approximate surface area is 122 Å². The van der Waals surface area contributed by atoms with Crippen molar-refractivity contribution in [1.29, 1.82) is 0 Å². The van der Waals surface area contributed by atoms with Crippen molar-refractivity contribution in [2.75, 3.05) is 19.4 Å². The second kappa shape index (κ2) is 12.5. The molecule has 0 aromatic rings. The lowest BCUT2D eigenvalue weighted by atomic mass is 10.2. The zero-order valence-electron chi connectivity index (χ0n) is 11.6. The number of thiol groups is 1. The van der Waals surface area contributed by atoms with Crippen molar-refractivity contribution in [2.45, 2.75) is 52.7 Å². The van der Waals surface area contributed by atoms with Crippen LogP contribution in [0.1, 0.15) is 41.0 Å². The minimum atomic E-state index is -0.459. The molecule has 0 saturated carbocycles. The number of hydrogen-bond acceptors (Lipinski definition) is 4. The molecule has 0 radical (unpaired) electrons. The largest absolute Gasteiger partial charge is 0.444 e. The summed E-state index contributed by atoms with van der Waals surface area (Å²) in [4.78, 5) is 13.2. The SMILES string of the molecule is C.CC(C)(C)OC(=O)N1CCC[C@H]1CO.CS.O.O. The molecule has 1 aliphatic heterocycles. The van der Waals surface area contributed by atoms with Crippen LogP contribution in [-0.4, -0.2) is 58.1 Å². The molecule has 1 rings (SSSR count). The van der Waals surface area contributed by atoms with E-state index in [4.69, 9.17) is 9.84 Å². The highest BCUT2D eigenvalue weighted by molar-refractivity contribution is 7.79. The van der Waals surface area contributed by atoms with Gasteiger partial charge in [0.1, 0.15) is 5.60 Å². The molecule has 1 fully saturated rings. The molecule has 0 aromatic carbocycles. The van der Waals surface area contributed by atoms with Crippen LogP contribution < -0.4 is 0 Å². The average molecular weight is 301 g/mol. The number of ether oxygens (including phenoxy) is 1. The fourth-order valence-electron chi connectivity index (χ4n) is 1.59. The van der Waals surface area contributed by atoms with Crippen molar-refractivity contribution in [3.8, 4) is 0 Å². The maximum atomic E-state index is 11.6. The summed E-state index contributed by atoms with van der Waals surface area (Å²) >= 11 is 3.53. The van der Waals surface area contributed by atoms with Gasteiger partial charge < -0.3 is 25.7 Å². The van der Waals surface area contributed by atoms with E-state index < -0.39 is 5.60 Å². The number of rotatable bonds is 1. The molecule has 0 aliphatic carbocycles. The van der Waals surface area contributed by atoms with Crippen molar-refractivity contribution in [3.05, 3.63) is 0 Å². The molecule has 0 spiro atoms. The number of nitrogens with zero attached hydrogens (tertiary/aromatic N) is 1. The van der Waals surface area contributed by atoms with E-state index in [1.807, 2.05) is 20.8 Å². The fourth-order valence-corrected chi connectivity index (χ4v) is 1.59. The fraction of sp³-hybridized carbons (Fsp3) is 0.917. The summed E-state index contributed by atoms with van der Waals surface area (Å²) in [5.74, 6) is 0. The second-order valence-electron chi connectivity index (χ2n) is 4.65. The first kappa shape index (κ1) is 26.9. The summed E-state index contributed by atoms with van der Waals surface area (Å²) in [5, 5.41) is 9.03. The maximum absolute atomic E-state index is 11.6. The van der Waals surface area contributed by atoms with Gasteiger partial charge in [-0.15, -0.1) is 0 Å². The summed E-state index contributed by atoms with van der Waals surface area (Å²) in [6.45, 7) is 6.25. The van der Waals surface area contributed by atoms with Crippen molar-refractivity contribution >= 4 is 18.7 Å². The number of likely N-dealkylation sites (tertiary alicyclic amines) is 1. The Hall–Kier alpha value is -0.500. The molecule has 1 saturated heterocycles. The third-order valence-electron chi connectivity index (χ3n) is 2.22. The van der Waals surface area contributed by atoms with Gasteiger partial charge in [0.25, 0.3) is 0 Å². The highest BCUT2D eigenvalue weighted by atomic mass is 32.1. The Morgan fingerprint density at radius 2 is 1.84 bits per heavy atom. The zero-order valence-corrected chi connectivity index (χ0v) is 12.5. The molecule has 1 heterocycles. The molecule has 1 atom stereocenters.